The fourth-order valence-electron chi connectivity index (χ4n) is 2.93. The van der Waals surface area contributed by atoms with Crippen LogP contribution in [-0.2, 0) is 0 Å². The molecule has 1 atom stereocenters. The van der Waals surface area contributed by atoms with Crippen LogP contribution in [0, 0.1) is 0 Å². The summed E-state index contributed by atoms with van der Waals surface area (Å²) >= 11 is 0. The Morgan fingerprint density at radius 2 is 1.55 bits per heavy atom. The first kappa shape index (κ1) is 16.7. The Morgan fingerprint density at radius 3 is 2.18 bits per heavy atom. The van der Waals surface area contributed by atoms with Crippen LogP contribution in [0.2, 0.25) is 0 Å². The van der Waals surface area contributed by atoms with Crippen molar-refractivity contribution < 1.29 is 0 Å². The van der Waals surface area contributed by atoms with E-state index in [1.807, 2.05) is 30.6 Å². The van der Waals surface area contributed by atoms with Gasteiger partial charge in [-0.1, -0.05) is 76.3 Å². The lowest BCUT2D eigenvalue weighted by Crippen LogP contribution is -2.01. The van der Waals surface area contributed by atoms with Gasteiger partial charge in [0.15, 0.2) is 5.82 Å². The Kier molecular flexibility index (Phi) is 7.08. The highest BCUT2D eigenvalue weighted by Gasteiger charge is 2.12. The van der Waals surface area contributed by atoms with Gasteiger partial charge in [-0.05, 0) is 24.3 Å². The molecule has 2 nitrogen and oxygen atoms in total. The molecule has 1 aromatic heterocycles. The normalized spacial score (nSPS) is 12.3. The van der Waals surface area contributed by atoms with Crippen LogP contribution in [0.1, 0.15) is 70.3 Å². The molecule has 2 aromatic rings. The van der Waals surface area contributed by atoms with E-state index < -0.39 is 0 Å². The first-order chi connectivity index (χ1) is 10.8. The van der Waals surface area contributed by atoms with E-state index in [0.717, 1.165) is 11.4 Å². The molecule has 0 aliphatic carbocycles. The first-order valence-corrected chi connectivity index (χ1v) is 8.72. The molecule has 118 valence electrons. The van der Waals surface area contributed by atoms with Gasteiger partial charge in [-0.3, -0.25) is 0 Å². The molecule has 2 rings (SSSR count). The summed E-state index contributed by atoms with van der Waals surface area (Å²) in [4.78, 5) is 9.17. The molecule has 2 heteroatoms. The van der Waals surface area contributed by atoms with E-state index in [1.54, 1.807) is 0 Å². The molecule has 0 N–H and O–H groups in total. The molecule has 0 aliphatic rings. The first-order valence-electron chi connectivity index (χ1n) is 8.72. The van der Waals surface area contributed by atoms with Crippen molar-refractivity contribution in [2.24, 2.45) is 0 Å². The zero-order valence-corrected chi connectivity index (χ0v) is 14.0. The molecule has 0 spiro atoms. The van der Waals surface area contributed by atoms with Gasteiger partial charge >= 0.3 is 0 Å². The van der Waals surface area contributed by atoms with Crippen LogP contribution in [-0.4, -0.2) is 9.97 Å². The molecule has 0 aliphatic heterocycles. The molecule has 0 radical (unpaired) electrons. The molecule has 0 bridgehead atoms. The molecule has 0 fully saturated rings. The van der Waals surface area contributed by atoms with Crippen LogP contribution in [0.25, 0.3) is 11.4 Å². The predicted molar refractivity (Wildman–Crippen MR) is 93.9 cm³/mol. The second-order valence-corrected chi connectivity index (χ2v) is 6.04. The monoisotopic (exact) mass is 296 g/mol. The third-order valence-corrected chi connectivity index (χ3v) is 4.22. The van der Waals surface area contributed by atoms with Gasteiger partial charge in [0.1, 0.15) is 0 Å². The molecule has 0 saturated heterocycles. The number of nitrogens with zero attached hydrogens (tertiary/aromatic N) is 2. The third kappa shape index (κ3) is 4.94. The van der Waals surface area contributed by atoms with Crippen LogP contribution in [0.5, 0.6) is 0 Å². The second-order valence-electron chi connectivity index (χ2n) is 6.04. The fraction of sp³-hybridized carbons (Fsp3) is 0.500. The Morgan fingerprint density at radius 1 is 0.818 bits per heavy atom. The highest BCUT2D eigenvalue weighted by atomic mass is 14.9. The zero-order chi connectivity index (χ0) is 15.6. The Bertz CT molecular complexity index is 519. The van der Waals surface area contributed by atoms with E-state index in [0.29, 0.717) is 5.92 Å². The topological polar surface area (TPSA) is 25.8 Å². The summed E-state index contributed by atoms with van der Waals surface area (Å²) in [7, 11) is 0. The number of hydrogen-bond acceptors (Lipinski definition) is 2. The summed E-state index contributed by atoms with van der Waals surface area (Å²) in [6.07, 6.45) is 13.1. The summed E-state index contributed by atoms with van der Waals surface area (Å²) < 4.78 is 0. The highest BCUT2D eigenvalue weighted by Crippen LogP contribution is 2.27. The van der Waals surface area contributed by atoms with Crippen LogP contribution in [0.15, 0.2) is 42.7 Å². The third-order valence-electron chi connectivity index (χ3n) is 4.22. The Labute approximate surface area is 135 Å². The molecule has 1 unspecified atom stereocenters. The minimum absolute atomic E-state index is 0.617. The highest BCUT2D eigenvalue weighted by molar-refractivity contribution is 5.54. The van der Waals surface area contributed by atoms with Crippen molar-refractivity contribution in [1.82, 2.24) is 9.97 Å². The average Bonchev–Trinajstić information content (AvgIpc) is 2.59. The predicted octanol–water partition coefficient (Wildman–Crippen LogP) is 6.00. The Balaban J connectivity index is 2.02. The quantitative estimate of drug-likeness (QED) is 0.530. The van der Waals surface area contributed by atoms with Crippen molar-refractivity contribution in [2.45, 2.75) is 64.7 Å². The molecular weight excluding hydrogens is 268 g/mol. The second kappa shape index (κ2) is 9.34. The number of aromatic nitrogens is 2. The number of rotatable bonds is 9. The maximum absolute atomic E-state index is 4.59. The molecular formula is C20H28N2. The summed E-state index contributed by atoms with van der Waals surface area (Å²) in [5.41, 5.74) is 2.39. The molecule has 22 heavy (non-hydrogen) atoms. The van der Waals surface area contributed by atoms with Gasteiger partial charge < -0.3 is 0 Å². The summed E-state index contributed by atoms with van der Waals surface area (Å²) in [5, 5.41) is 0. The van der Waals surface area contributed by atoms with Gasteiger partial charge in [-0.2, -0.15) is 0 Å². The van der Waals surface area contributed by atoms with E-state index >= 15 is 0 Å². The van der Waals surface area contributed by atoms with Crippen molar-refractivity contribution in [3.8, 4) is 11.4 Å². The van der Waals surface area contributed by atoms with Crippen molar-refractivity contribution in [1.29, 1.82) is 0 Å². The Hall–Kier alpha value is -1.70. The lowest BCUT2D eigenvalue weighted by molar-refractivity contribution is 0.519. The largest absolute Gasteiger partial charge is 0.236 e. The molecule has 0 saturated carbocycles. The number of unbranched alkanes of at least 4 members (excludes halogenated alkanes) is 3. The summed E-state index contributed by atoms with van der Waals surface area (Å²) in [6, 6.07) is 10.2. The van der Waals surface area contributed by atoms with Gasteiger partial charge in [0, 0.05) is 18.0 Å². The van der Waals surface area contributed by atoms with Crippen molar-refractivity contribution in [3.63, 3.8) is 0 Å². The average molecular weight is 296 g/mol. The van der Waals surface area contributed by atoms with Crippen LogP contribution in [0.3, 0.4) is 0 Å². The molecule has 0 amide bonds. The van der Waals surface area contributed by atoms with Gasteiger partial charge in [-0.15, -0.1) is 0 Å². The fourth-order valence-corrected chi connectivity index (χ4v) is 2.93. The molecule has 1 heterocycles. The number of benzene rings is 1. The van der Waals surface area contributed by atoms with Crippen molar-refractivity contribution in [2.75, 3.05) is 0 Å². The van der Waals surface area contributed by atoms with Crippen LogP contribution in [0.4, 0.5) is 0 Å². The SMILES string of the molecule is CCCCCCC(CCC)c1cnc(-c2ccccc2)nc1. The molecule has 1 aromatic carbocycles. The summed E-state index contributed by atoms with van der Waals surface area (Å²) in [5.74, 6) is 1.44. The van der Waals surface area contributed by atoms with E-state index in [9.17, 15) is 0 Å². The van der Waals surface area contributed by atoms with Gasteiger partial charge in [-0.25, -0.2) is 9.97 Å². The maximum Gasteiger partial charge on any atom is 0.159 e. The van der Waals surface area contributed by atoms with E-state index in [1.165, 1.54) is 50.5 Å². The van der Waals surface area contributed by atoms with E-state index in [4.69, 9.17) is 0 Å². The summed E-state index contributed by atoms with van der Waals surface area (Å²) in [6.45, 7) is 4.53. The van der Waals surface area contributed by atoms with Gasteiger partial charge in [0.2, 0.25) is 0 Å². The van der Waals surface area contributed by atoms with Crippen LogP contribution >= 0.6 is 0 Å². The standard InChI is InChI=1S/C20H28N2/c1-3-5-6-8-12-17(11-4-2)19-15-21-20(22-16-19)18-13-9-7-10-14-18/h7,9-10,13-17H,3-6,8,11-12H2,1-2H3. The zero-order valence-electron chi connectivity index (χ0n) is 14.0. The van der Waals surface area contributed by atoms with Crippen LogP contribution < -0.4 is 0 Å². The number of hydrogen-bond donors (Lipinski definition) is 0. The van der Waals surface area contributed by atoms with E-state index in [-0.39, 0.29) is 0 Å². The minimum Gasteiger partial charge on any atom is -0.236 e. The minimum atomic E-state index is 0.617. The smallest absolute Gasteiger partial charge is 0.159 e. The van der Waals surface area contributed by atoms with Crippen molar-refractivity contribution >= 4 is 0 Å². The lowest BCUT2D eigenvalue weighted by Gasteiger charge is -2.16. The van der Waals surface area contributed by atoms with Gasteiger partial charge in [0.05, 0.1) is 0 Å². The van der Waals surface area contributed by atoms with Crippen molar-refractivity contribution in [3.05, 3.63) is 48.3 Å². The lowest BCUT2D eigenvalue weighted by atomic mass is 9.91. The maximum atomic E-state index is 4.59. The van der Waals surface area contributed by atoms with E-state index in [2.05, 4.69) is 35.9 Å². The van der Waals surface area contributed by atoms with Gasteiger partial charge in [0.25, 0.3) is 0 Å².